The van der Waals surface area contributed by atoms with Crippen LogP contribution in [0.5, 0.6) is 0 Å². The Labute approximate surface area is 121 Å². The van der Waals surface area contributed by atoms with E-state index in [1.165, 1.54) is 12.1 Å². The van der Waals surface area contributed by atoms with Crippen LogP contribution in [0.1, 0.15) is 42.5 Å². The molecule has 0 amide bonds. The van der Waals surface area contributed by atoms with Gasteiger partial charge in [-0.3, -0.25) is 0 Å². The average Bonchev–Trinajstić information content (AvgIpc) is 3.10. The lowest BCUT2D eigenvalue weighted by atomic mass is 10.1. The molecule has 1 aromatic carbocycles. The van der Waals surface area contributed by atoms with E-state index in [-0.39, 0.29) is 17.9 Å². The summed E-state index contributed by atoms with van der Waals surface area (Å²) < 4.78 is 31.9. The van der Waals surface area contributed by atoms with E-state index in [0.717, 1.165) is 12.5 Å². The third-order valence-corrected chi connectivity index (χ3v) is 3.93. The van der Waals surface area contributed by atoms with Crippen LogP contribution in [0, 0.1) is 11.6 Å². The first-order chi connectivity index (χ1) is 10.1. The quantitative estimate of drug-likeness (QED) is 0.921. The maximum absolute atomic E-state index is 13.7. The molecule has 0 saturated heterocycles. The minimum absolute atomic E-state index is 0.000577. The van der Waals surface area contributed by atoms with Crippen molar-refractivity contribution in [2.24, 2.45) is 0 Å². The van der Waals surface area contributed by atoms with Gasteiger partial charge in [0.15, 0.2) is 5.82 Å². The predicted molar refractivity (Wildman–Crippen MR) is 73.0 cm³/mol. The fraction of sp³-hybridized carbons (Fsp3) is 0.467. The fourth-order valence-electron chi connectivity index (χ4n) is 2.49. The summed E-state index contributed by atoms with van der Waals surface area (Å²) in [5.41, 5.74) is 0.518. The van der Waals surface area contributed by atoms with E-state index in [1.807, 2.05) is 14.0 Å². The van der Waals surface area contributed by atoms with Crippen LogP contribution in [0.2, 0.25) is 0 Å². The Morgan fingerprint density at radius 2 is 2.19 bits per heavy atom. The van der Waals surface area contributed by atoms with Gasteiger partial charge in [0.05, 0.1) is 0 Å². The number of hydrogen-bond acceptors (Lipinski definition) is 4. The number of hydrogen-bond donors (Lipinski definition) is 1. The predicted octanol–water partition coefficient (Wildman–Crippen LogP) is 2.77. The third kappa shape index (κ3) is 2.95. The standard InChI is InChI=1S/C15H17F2N3O/c1-8(18-2)5-14-19-15(21-20-14)12-7-11(12)10-4-3-9(16)6-13(10)17/h3-4,6,8,11-12,18H,5,7H2,1-2H3. The molecule has 4 nitrogen and oxygen atoms in total. The Balaban J connectivity index is 1.70. The van der Waals surface area contributed by atoms with E-state index in [4.69, 9.17) is 4.52 Å². The van der Waals surface area contributed by atoms with Crippen molar-refractivity contribution < 1.29 is 13.3 Å². The summed E-state index contributed by atoms with van der Waals surface area (Å²) in [6.45, 7) is 2.03. The van der Waals surface area contributed by atoms with Crippen molar-refractivity contribution >= 4 is 0 Å². The SMILES string of the molecule is CNC(C)Cc1noc(C2CC2c2ccc(F)cc2F)n1. The second-order valence-electron chi connectivity index (χ2n) is 5.56. The topological polar surface area (TPSA) is 51.0 Å². The van der Waals surface area contributed by atoms with Gasteiger partial charge in [-0.1, -0.05) is 11.2 Å². The molecule has 1 aromatic heterocycles. The molecule has 0 bridgehead atoms. The van der Waals surface area contributed by atoms with E-state index in [2.05, 4.69) is 15.5 Å². The van der Waals surface area contributed by atoms with E-state index in [1.54, 1.807) is 0 Å². The molecule has 0 radical (unpaired) electrons. The fourth-order valence-corrected chi connectivity index (χ4v) is 2.49. The van der Waals surface area contributed by atoms with Gasteiger partial charge in [-0.2, -0.15) is 4.98 Å². The Hall–Kier alpha value is -1.82. The first-order valence-electron chi connectivity index (χ1n) is 7.03. The van der Waals surface area contributed by atoms with Crippen LogP contribution in [0.15, 0.2) is 22.7 Å². The molecule has 21 heavy (non-hydrogen) atoms. The minimum atomic E-state index is -0.561. The zero-order valence-electron chi connectivity index (χ0n) is 11.9. The van der Waals surface area contributed by atoms with Crippen molar-refractivity contribution in [1.29, 1.82) is 0 Å². The zero-order chi connectivity index (χ0) is 15.0. The van der Waals surface area contributed by atoms with Crippen LogP contribution in [0.3, 0.4) is 0 Å². The summed E-state index contributed by atoms with van der Waals surface area (Å²) in [7, 11) is 1.87. The number of aromatic nitrogens is 2. The first-order valence-corrected chi connectivity index (χ1v) is 7.03. The van der Waals surface area contributed by atoms with E-state index in [9.17, 15) is 8.78 Å². The van der Waals surface area contributed by atoms with E-state index < -0.39 is 11.6 Å². The molecule has 0 aliphatic heterocycles. The Bertz CT molecular complexity index is 644. The number of benzene rings is 1. The van der Waals surface area contributed by atoms with Gasteiger partial charge in [-0.25, -0.2) is 8.78 Å². The molecule has 3 atom stereocenters. The molecule has 1 aliphatic carbocycles. The van der Waals surface area contributed by atoms with Gasteiger partial charge in [0.1, 0.15) is 11.6 Å². The van der Waals surface area contributed by atoms with Crippen molar-refractivity contribution in [3.8, 4) is 0 Å². The number of likely N-dealkylation sites (N-methyl/N-ethyl adjacent to an activating group) is 1. The van der Waals surface area contributed by atoms with Crippen LogP contribution in [-0.2, 0) is 6.42 Å². The monoisotopic (exact) mass is 293 g/mol. The van der Waals surface area contributed by atoms with Gasteiger partial charge in [-0.15, -0.1) is 0 Å². The highest BCUT2D eigenvalue weighted by Crippen LogP contribution is 2.54. The van der Waals surface area contributed by atoms with Gasteiger partial charge in [0.2, 0.25) is 5.89 Å². The molecule has 3 unspecified atom stereocenters. The second kappa shape index (κ2) is 5.52. The van der Waals surface area contributed by atoms with Crippen molar-refractivity contribution in [1.82, 2.24) is 15.5 Å². The molecule has 1 saturated carbocycles. The van der Waals surface area contributed by atoms with Gasteiger partial charge in [0.25, 0.3) is 0 Å². The maximum Gasteiger partial charge on any atom is 0.230 e. The van der Waals surface area contributed by atoms with Crippen LogP contribution >= 0.6 is 0 Å². The number of halogens is 2. The number of nitrogens with one attached hydrogen (secondary N) is 1. The summed E-state index contributed by atoms with van der Waals surface area (Å²) in [4.78, 5) is 4.37. The molecule has 3 rings (SSSR count). The first kappa shape index (κ1) is 14.1. The van der Waals surface area contributed by atoms with Gasteiger partial charge in [0, 0.05) is 24.4 Å². The molecule has 2 aromatic rings. The van der Waals surface area contributed by atoms with Crippen molar-refractivity contribution in [2.75, 3.05) is 7.05 Å². The minimum Gasteiger partial charge on any atom is -0.339 e. The summed E-state index contributed by atoms with van der Waals surface area (Å²) in [6.07, 6.45) is 1.44. The highest BCUT2D eigenvalue weighted by Gasteiger charge is 2.45. The molecule has 1 aliphatic rings. The Morgan fingerprint density at radius 3 is 2.90 bits per heavy atom. The average molecular weight is 293 g/mol. The largest absolute Gasteiger partial charge is 0.339 e. The normalized spacial score (nSPS) is 22.3. The lowest BCUT2D eigenvalue weighted by molar-refractivity contribution is 0.370. The molecule has 1 fully saturated rings. The summed E-state index contributed by atoms with van der Waals surface area (Å²) >= 11 is 0. The Kier molecular flexibility index (Phi) is 3.71. The van der Waals surface area contributed by atoms with Crippen LogP contribution < -0.4 is 5.32 Å². The van der Waals surface area contributed by atoms with E-state index >= 15 is 0 Å². The second-order valence-corrected chi connectivity index (χ2v) is 5.56. The summed E-state index contributed by atoms with van der Waals surface area (Å²) in [6, 6.07) is 3.95. The highest BCUT2D eigenvalue weighted by molar-refractivity contribution is 5.32. The molecule has 1 heterocycles. The smallest absolute Gasteiger partial charge is 0.230 e. The lowest BCUT2D eigenvalue weighted by Gasteiger charge is -2.04. The molecule has 112 valence electrons. The van der Waals surface area contributed by atoms with Crippen molar-refractivity contribution in [2.45, 2.75) is 37.6 Å². The highest BCUT2D eigenvalue weighted by atomic mass is 19.1. The van der Waals surface area contributed by atoms with Gasteiger partial charge < -0.3 is 9.84 Å². The zero-order valence-corrected chi connectivity index (χ0v) is 11.9. The van der Waals surface area contributed by atoms with Crippen LogP contribution in [0.4, 0.5) is 8.78 Å². The number of nitrogens with zero attached hydrogens (tertiary/aromatic N) is 2. The van der Waals surface area contributed by atoms with Crippen molar-refractivity contribution in [3.63, 3.8) is 0 Å². The summed E-state index contributed by atoms with van der Waals surface area (Å²) in [5, 5.41) is 7.06. The lowest BCUT2D eigenvalue weighted by Crippen LogP contribution is -2.24. The maximum atomic E-state index is 13.7. The van der Waals surface area contributed by atoms with Crippen LogP contribution in [-0.4, -0.2) is 23.2 Å². The molecule has 0 spiro atoms. The molecule has 1 N–H and O–H groups in total. The van der Waals surface area contributed by atoms with Gasteiger partial charge >= 0.3 is 0 Å². The van der Waals surface area contributed by atoms with E-state index in [0.29, 0.717) is 23.7 Å². The molecular weight excluding hydrogens is 276 g/mol. The van der Waals surface area contributed by atoms with Gasteiger partial charge in [-0.05, 0) is 37.9 Å². The van der Waals surface area contributed by atoms with Crippen LogP contribution in [0.25, 0.3) is 0 Å². The molecular formula is C15H17F2N3O. The summed E-state index contributed by atoms with van der Waals surface area (Å²) in [5.74, 6) is 0.163. The third-order valence-electron chi connectivity index (χ3n) is 3.93. The molecule has 6 heteroatoms. The Morgan fingerprint density at radius 1 is 1.38 bits per heavy atom. The van der Waals surface area contributed by atoms with Crippen molar-refractivity contribution in [3.05, 3.63) is 47.1 Å². The number of rotatable bonds is 5.